The van der Waals surface area contributed by atoms with Gasteiger partial charge in [-0.15, -0.1) is 5.10 Å². The summed E-state index contributed by atoms with van der Waals surface area (Å²) in [6.07, 6.45) is 2.75. The van der Waals surface area contributed by atoms with Gasteiger partial charge in [0.25, 0.3) is 5.91 Å². The first kappa shape index (κ1) is 23.3. The maximum atomic E-state index is 12.8. The zero-order valence-corrected chi connectivity index (χ0v) is 19.4. The standard InChI is InChI=1S/C24H24N6O3S/c1-17-6-5-14-26-21(17)13-15-27-24(31)23-28-22(16-18-7-3-2-4-8-18)30(29-23)19-9-11-20(12-10-19)34(25,32)33/h2-12,14H,13,15-16H2,1H3,(H,27,31)(H2,25,32,33). The van der Waals surface area contributed by atoms with Crippen molar-refractivity contribution in [2.24, 2.45) is 5.14 Å². The van der Waals surface area contributed by atoms with Crippen LogP contribution in [0.5, 0.6) is 0 Å². The average molecular weight is 477 g/mol. The van der Waals surface area contributed by atoms with Crippen LogP contribution in [0.2, 0.25) is 0 Å². The molecule has 0 aliphatic carbocycles. The van der Waals surface area contributed by atoms with Crippen molar-refractivity contribution in [3.63, 3.8) is 0 Å². The number of aromatic nitrogens is 4. The molecule has 2 aromatic heterocycles. The van der Waals surface area contributed by atoms with Crippen LogP contribution in [0.3, 0.4) is 0 Å². The lowest BCUT2D eigenvalue weighted by atomic mass is 10.1. The third kappa shape index (κ3) is 5.53. The number of amides is 1. The summed E-state index contributed by atoms with van der Waals surface area (Å²) < 4.78 is 24.7. The molecule has 0 saturated carbocycles. The third-order valence-electron chi connectivity index (χ3n) is 5.26. The number of primary sulfonamides is 1. The Kier molecular flexibility index (Phi) is 6.80. The molecule has 0 aliphatic rings. The first-order valence-corrected chi connectivity index (χ1v) is 12.2. The minimum Gasteiger partial charge on any atom is -0.349 e. The summed E-state index contributed by atoms with van der Waals surface area (Å²) in [6, 6.07) is 19.5. The van der Waals surface area contributed by atoms with Crippen molar-refractivity contribution in [1.29, 1.82) is 0 Å². The van der Waals surface area contributed by atoms with Gasteiger partial charge in [-0.1, -0.05) is 36.4 Å². The number of hydrogen-bond donors (Lipinski definition) is 2. The Hall–Kier alpha value is -3.89. The summed E-state index contributed by atoms with van der Waals surface area (Å²) in [5.74, 6) is 0.169. The van der Waals surface area contributed by atoms with Gasteiger partial charge < -0.3 is 5.32 Å². The summed E-state index contributed by atoms with van der Waals surface area (Å²) in [4.78, 5) is 21.6. The molecule has 0 saturated heterocycles. The molecule has 0 aliphatic heterocycles. The van der Waals surface area contributed by atoms with Gasteiger partial charge in [0, 0.05) is 31.3 Å². The van der Waals surface area contributed by atoms with E-state index >= 15 is 0 Å². The van der Waals surface area contributed by atoms with E-state index in [1.807, 2.05) is 49.4 Å². The normalized spacial score (nSPS) is 11.4. The van der Waals surface area contributed by atoms with Gasteiger partial charge >= 0.3 is 0 Å². The zero-order valence-electron chi connectivity index (χ0n) is 18.5. The van der Waals surface area contributed by atoms with E-state index in [0.717, 1.165) is 16.8 Å². The summed E-state index contributed by atoms with van der Waals surface area (Å²) >= 11 is 0. The fourth-order valence-electron chi connectivity index (χ4n) is 3.47. The zero-order chi connectivity index (χ0) is 24.1. The van der Waals surface area contributed by atoms with Gasteiger partial charge in [-0.3, -0.25) is 9.78 Å². The van der Waals surface area contributed by atoms with Crippen LogP contribution in [0, 0.1) is 6.92 Å². The van der Waals surface area contributed by atoms with Crippen molar-refractivity contribution >= 4 is 15.9 Å². The minimum absolute atomic E-state index is 0.0104. The summed E-state index contributed by atoms with van der Waals surface area (Å²) in [7, 11) is -3.82. The van der Waals surface area contributed by atoms with Crippen LogP contribution in [-0.4, -0.2) is 40.6 Å². The monoisotopic (exact) mass is 476 g/mol. The fraction of sp³-hybridized carbons (Fsp3) is 0.167. The number of nitrogens with zero attached hydrogens (tertiary/aromatic N) is 4. The second-order valence-electron chi connectivity index (χ2n) is 7.74. The van der Waals surface area contributed by atoms with E-state index in [2.05, 4.69) is 20.4 Å². The number of benzene rings is 2. The number of carbonyl (C=O) groups is 1. The Morgan fingerprint density at radius 2 is 1.76 bits per heavy atom. The molecule has 2 heterocycles. The molecule has 174 valence electrons. The topological polar surface area (TPSA) is 133 Å². The predicted molar refractivity (Wildman–Crippen MR) is 127 cm³/mol. The molecule has 2 aromatic carbocycles. The molecule has 0 unspecified atom stereocenters. The Bertz CT molecular complexity index is 1400. The van der Waals surface area contributed by atoms with Crippen LogP contribution in [0.25, 0.3) is 5.69 Å². The first-order chi connectivity index (χ1) is 16.3. The van der Waals surface area contributed by atoms with Crippen LogP contribution >= 0.6 is 0 Å². The quantitative estimate of drug-likeness (QED) is 0.400. The van der Waals surface area contributed by atoms with Crippen molar-refractivity contribution in [2.75, 3.05) is 6.54 Å². The smallest absolute Gasteiger partial charge is 0.290 e. The van der Waals surface area contributed by atoms with Gasteiger partial charge in [-0.2, -0.15) is 0 Å². The molecule has 9 nitrogen and oxygen atoms in total. The Balaban J connectivity index is 1.58. The lowest BCUT2D eigenvalue weighted by molar-refractivity contribution is 0.0943. The van der Waals surface area contributed by atoms with Gasteiger partial charge in [0.2, 0.25) is 15.8 Å². The average Bonchev–Trinajstić information content (AvgIpc) is 3.24. The molecule has 0 spiro atoms. The lowest BCUT2D eigenvalue weighted by Crippen LogP contribution is -2.27. The minimum atomic E-state index is -3.82. The van der Waals surface area contributed by atoms with E-state index in [1.165, 1.54) is 16.8 Å². The Morgan fingerprint density at radius 3 is 2.44 bits per heavy atom. The van der Waals surface area contributed by atoms with Gasteiger partial charge in [0.05, 0.1) is 10.6 Å². The number of rotatable bonds is 8. The number of carbonyl (C=O) groups excluding carboxylic acids is 1. The van der Waals surface area contributed by atoms with Crippen molar-refractivity contribution in [2.45, 2.75) is 24.7 Å². The predicted octanol–water partition coefficient (Wildman–Crippen LogP) is 2.18. The van der Waals surface area contributed by atoms with Gasteiger partial charge in [-0.25, -0.2) is 23.2 Å². The Morgan fingerprint density at radius 1 is 1.03 bits per heavy atom. The van der Waals surface area contributed by atoms with E-state index in [4.69, 9.17) is 5.14 Å². The van der Waals surface area contributed by atoms with Crippen LogP contribution in [0.1, 0.15) is 33.3 Å². The Labute approximate surface area is 197 Å². The van der Waals surface area contributed by atoms with Gasteiger partial charge in [0.1, 0.15) is 5.82 Å². The highest BCUT2D eigenvalue weighted by atomic mass is 32.2. The molecule has 0 atom stereocenters. The highest BCUT2D eigenvalue weighted by Crippen LogP contribution is 2.16. The van der Waals surface area contributed by atoms with Gasteiger partial charge in [-0.05, 0) is 48.4 Å². The second kappa shape index (κ2) is 9.94. The largest absolute Gasteiger partial charge is 0.349 e. The lowest BCUT2D eigenvalue weighted by Gasteiger charge is -2.07. The molecular formula is C24H24N6O3S. The molecule has 0 fully saturated rings. The number of nitrogens with two attached hydrogens (primary N) is 1. The highest BCUT2D eigenvalue weighted by Gasteiger charge is 2.18. The highest BCUT2D eigenvalue weighted by molar-refractivity contribution is 7.89. The van der Waals surface area contributed by atoms with Crippen LogP contribution in [-0.2, 0) is 22.9 Å². The maximum absolute atomic E-state index is 12.8. The van der Waals surface area contributed by atoms with E-state index in [-0.39, 0.29) is 10.7 Å². The molecule has 4 aromatic rings. The molecule has 4 rings (SSSR count). The fourth-order valence-corrected chi connectivity index (χ4v) is 3.99. The van der Waals surface area contributed by atoms with Crippen molar-refractivity contribution in [1.82, 2.24) is 25.1 Å². The third-order valence-corrected chi connectivity index (χ3v) is 6.19. The molecule has 0 bridgehead atoms. The molecule has 1 amide bonds. The van der Waals surface area contributed by atoms with Crippen molar-refractivity contribution < 1.29 is 13.2 Å². The van der Waals surface area contributed by atoms with E-state index in [0.29, 0.717) is 30.9 Å². The molecular weight excluding hydrogens is 452 g/mol. The summed E-state index contributed by atoms with van der Waals surface area (Å²) in [5, 5.41) is 12.5. The molecule has 34 heavy (non-hydrogen) atoms. The van der Waals surface area contributed by atoms with E-state index in [1.54, 1.807) is 18.3 Å². The van der Waals surface area contributed by atoms with E-state index in [9.17, 15) is 13.2 Å². The van der Waals surface area contributed by atoms with Crippen molar-refractivity contribution in [3.8, 4) is 5.69 Å². The second-order valence-corrected chi connectivity index (χ2v) is 9.30. The number of aryl methyl sites for hydroxylation is 1. The van der Waals surface area contributed by atoms with Crippen LogP contribution in [0.15, 0.2) is 77.8 Å². The molecule has 10 heteroatoms. The number of hydrogen-bond acceptors (Lipinski definition) is 6. The maximum Gasteiger partial charge on any atom is 0.290 e. The van der Waals surface area contributed by atoms with Crippen LogP contribution in [0.4, 0.5) is 0 Å². The first-order valence-electron chi connectivity index (χ1n) is 10.6. The van der Waals surface area contributed by atoms with E-state index < -0.39 is 15.9 Å². The number of pyridine rings is 1. The SMILES string of the molecule is Cc1cccnc1CCNC(=O)c1nc(Cc2ccccc2)n(-c2ccc(S(N)(=O)=O)cc2)n1. The molecule has 0 radical (unpaired) electrons. The van der Waals surface area contributed by atoms with Gasteiger partial charge in [0.15, 0.2) is 0 Å². The van der Waals surface area contributed by atoms with Crippen molar-refractivity contribution in [3.05, 3.63) is 101 Å². The van der Waals surface area contributed by atoms with Crippen LogP contribution < -0.4 is 10.5 Å². The summed E-state index contributed by atoms with van der Waals surface area (Å²) in [5.41, 5.74) is 3.54. The molecule has 3 N–H and O–H groups in total. The number of sulfonamides is 1. The summed E-state index contributed by atoms with van der Waals surface area (Å²) in [6.45, 7) is 2.37. The number of nitrogens with one attached hydrogen (secondary N) is 1.